The maximum Gasteiger partial charge on any atom is 0.250 e. The lowest BCUT2D eigenvalue weighted by Crippen LogP contribution is -2.25. The lowest BCUT2D eigenvalue weighted by atomic mass is 10.1. The van der Waals surface area contributed by atoms with E-state index in [1.54, 1.807) is 29.0 Å². The molecule has 0 aliphatic heterocycles. The number of amides is 1. The molecule has 1 heterocycles. The summed E-state index contributed by atoms with van der Waals surface area (Å²) < 4.78 is 2.51. The van der Waals surface area contributed by atoms with Crippen LogP contribution in [0.15, 0.2) is 51.9 Å². The van der Waals surface area contributed by atoms with Crippen molar-refractivity contribution in [3.8, 4) is 0 Å². The first-order valence-corrected chi connectivity index (χ1v) is 9.47. The summed E-state index contributed by atoms with van der Waals surface area (Å²) in [6.45, 7) is 3.12. The van der Waals surface area contributed by atoms with Gasteiger partial charge in [-0.15, -0.1) is 0 Å². The normalized spacial score (nSPS) is 10.5. The van der Waals surface area contributed by atoms with E-state index >= 15 is 0 Å². The fraction of sp³-hybridized carbons (Fsp3) is 0.350. The van der Waals surface area contributed by atoms with Crippen LogP contribution in [-0.4, -0.2) is 22.8 Å². The van der Waals surface area contributed by atoms with Gasteiger partial charge in [0.2, 0.25) is 5.91 Å². The lowest BCUT2D eigenvalue weighted by molar-refractivity contribution is -0.121. The molecule has 0 saturated carbocycles. The number of carbonyl (C=O) groups excluding carboxylic acids is 2. The van der Waals surface area contributed by atoms with Crippen molar-refractivity contribution in [1.82, 2.24) is 9.88 Å². The zero-order valence-electron chi connectivity index (χ0n) is 14.8. The highest BCUT2D eigenvalue weighted by atomic mass is 79.9. The molecule has 0 atom stereocenters. The predicted octanol–water partition coefficient (Wildman–Crippen LogP) is 3.48. The topological polar surface area (TPSA) is 68.2 Å². The Kier molecular flexibility index (Phi) is 7.78. The van der Waals surface area contributed by atoms with E-state index in [1.807, 2.05) is 19.1 Å². The third-order valence-electron chi connectivity index (χ3n) is 4.05. The molecule has 0 unspecified atom stereocenters. The van der Waals surface area contributed by atoms with Gasteiger partial charge in [0.25, 0.3) is 5.56 Å². The molecule has 1 aromatic carbocycles. The third-order valence-corrected chi connectivity index (χ3v) is 4.52. The number of carbonyl (C=O) groups is 2. The van der Waals surface area contributed by atoms with Crippen molar-refractivity contribution in [3.63, 3.8) is 0 Å². The Morgan fingerprint density at radius 1 is 1.04 bits per heavy atom. The van der Waals surface area contributed by atoms with E-state index in [2.05, 4.69) is 21.2 Å². The van der Waals surface area contributed by atoms with E-state index in [0.29, 0.717) is 18.7 Å². The first kappa shape index (κ1) is 20.1. The Bertz CT molecular complexity index is 813. The smallest absolute Gasteiger partial charge is 0.250 e. The minimum atomic E-state index is -0.120. The molecule has 0 radical (unpaired) electrons. The van der Waals surface area contributed by atoms with E-state index in [9.17, 15) is 14.4 Å². The van der Waals surface area contributed by atoms with Gasteiger partial charge in [0, 0.05) is 48.2 Å². The molecule has 0 aliphatic carbocycles. The van der Waals surface area contributed by atoms with Crippen molar-refractivity contribution in [2.75, 3.05) is 6.54 Å². The molecule has 0 saturated heterocycles. The molecular weight excluding hydrogens is 396 g/mol. The highest BCUT2D eigenvalue weighted by molar-refractivity contribution is 9.10. The van der Waals surface area contributed by atoms with Crippen LogP contribution in [0.4, 0.5) is 0 Å². The van der Waals surface area contributed by atoms with Gasteiger partial charge in [0.15, 0.2) is 5.78 Å². The second kappa shape index (κ2) is 10.1. The number of rotatable bonds is 9. The number of pyridine rings is 1. The summed E-state index contributed by atoms with van der Waals surface area (Å²) in [6, 6.07) is 10.6. The molecule has 0 fully saturated rings. The van der Waals surface area contributed by atoms with E-state index in [-0.39, 0.29) is 30.1 Å². The number of unbranched alkanes of at least 4 members (excludes halogenated alkanes) is 1. The number of ketones is 1. The predicted molar refractivity (Wildman–Crippen MR) is 105 cm³/mol. The van der Waals surface area contributed by atoms with Crippen molar-refractivity contribution >= 4 is 27.6 Å². The van der Waals surface area contributed by atoms with Gasteiger partial charge in [0.05, 0.1) is 0 Å². The average molecular weight is 419 g/mol. The van der Waals surface area contributed by atoms with Crippen molar-refractivity contribution in [2.45, 2.75) is 39.2 Å². The Labute approximate surface area is 161 Å². The van der Waals surface area contributed by atoms with Crippen molar-refractivity contribution < 1.29 is 9.59 Å². The second-order valence-electron chi connectivity index (χ2n) is 6.23. The van der Waals surface area contributed by atoms with Crippen LogP contribution >= 0.6 is 15.9 Å². The summed E-state index contributed by atoms with van der Waals surface area (Å²) in [4.78, 5) is 35.5. The van der Waals surface area contributed by atoms with Gasteiger partial charge in [-0.3, -0.25) is 14.4 Å². The van der Waals surface area contributed by atoms with E-state index in [0.717, 1.165) is 22.9 Å². The molecule has 26 heavy (non-hydrogen) atoms. The van der Waals surface area contributed by atoms with Crippen LogP contribution in [0.2, 0.25) is 0 Å². The van der Waals surface area contributed by atoms with Crippen LogP contribution in [-0.2, 0) is 11.3 Å². The number of aromatic nitrogens is 1. The monoisotopic (exact) mass is 418 g/mol. The molecule has 6 heteroatoms. The van der Waals surface area contributed by atoms with Gasteiger partial charge in [0.1, 0.15) is 0 Å². The summed E-state index contributed by atoms with van der Waals surface area (Å²) in [5.74, 6) is -0.140. The summed E-state index contributed by atoms with van der Waals surface area (Å²) in [7, 11) is 0. The fourth-order valence-corrected chi connectivity index (χ4v) is 2.89. The Morgan fingerprint density at radius 2 is 1.77 bits per heavy atom. The maximum atomic E-state index is 12.0. The summed E-state index contributed by atoms with van der Waals surface area (Å²) in [6.07, 6.45) is 3.73. The van der Waals surface area contributed by atoms with Gasteiger partial charge < -0.3 is 9.88 Å². The summed E-state index contributed by atoms with van der Waals surface area (Å²) >= 11 is 3.34. The Balaban J connectivity index is 1.63. The molecule has 2 rings (SSSR count). The van der Waals surface area contributed by atoms with E-state index < -0.39 is 0 Å². The molecule has 0 aliphatic rings. The lowest BCUT2D eigenvalue weighted by Gasteiger charge is -2.07. The molecule has 5 nitrogen and oxygen atoms in total. The van der Waals surface area contributed by atoms with Gasteiger partial charge in [-0.2, -0.15) is 0 Å². The quantitative estimate of drug-likeness (QED) is 0.500. The van der Waals surface area contributed by atoms with Gasteiger partial charge >= 0.3 is 0 Å². The average Bonchev–Trinajstić information content (AvgIpc) is 2.62. The standard InChI is InChI=1S/C20H23BrN2O3/c1-15-4-6-16(7-5-15)18(24)9-10-19(25)22-12-2-3-13-23-14-17(21)8-11-20(23)26/h4-8,11,14H,2-3,9-10,12-13H2,1H3,(H,22,25). The SMILES string of the molecule is Cc1ccc(C(=O)CCC(=O)NCCCCn2cc(Br)ccc2=O)cc1. The van der Waals surface area contributed by atoms with Crippen molar-refractivity contribution in [1.29, 1.82) is 0 Å². The molecule has 1 N–H and O–H groups in total. The van der Waals surface area contributed by atoms with Crippen LogP contribution < -0.4 is 10.9 Å². The fourth-order valence-electron chi connectivity index (χ4n) is 2.51. The molecule has 138 valence electrons. The first-order chi connectivity index (χ1) is 12.5. The highest BCUT2D eigenvalue weighted by Crippen LogP contribution is 2.08. The van der Waals surface area contributed by atoms with Crippen LogP contribution in [0.5, 0.6) is 0 Å². The number of benzene rings is 1. The largest absolute Gasteiger partial charge is 0.356 e. The zero-order valence-corrected chi connectivity index (χ0v) is 16.4. The number of hydrogen-bond acceptors (Lipinski definition) is 3. The minimum Gasteiger partial charge on any atom is -0.356 e. The molecule has 0 bridgehead atoms. The Morgan fingerprint density at radius 3 is 2.50 bits per heavy atom. The summed E-state index contributed by atoms with van der Waals surface area (Å²) in [5.41, 5.74) is 1.71. The molecule has 1 amide bonds. The van der Waals surface area contributed by atoms with Crippen LogP contribution in [0.25, 0.3) is 0 Å². The molecule has 0 spiro atoms. The van der Waals surface area contributed by atoms with Crippen LogP contribution in [0, 0.1) is 6.92 Å². The second-order valence-corrected chi connectivity index (χ2v) is 7.14. The number of nitrogens with zero attached hydrogens (tertiary/aromatic N) is 1. The number of aryl methyl sites for hydroxylation is 2. The Hall–Kier alpha value is -2.21. The molecule has 1 aromatic heterocycles. The number of halogens is 1. The van der Waals surface area contributed by atoms with Crippen molar-refractivity contribution in [3.05, 3.63) is 68.5 Å². The zero-order chi connectivity index (χ0) is 18.9. The highest BCUT2D eigenvalue weighted by Gasteiger charge is 2.09. The summed E-state index contributed by atoms with van der Waals surface area (Å²) in [5, 5.41) is 2.82. The van der Waals surface area contributed by atoms with Crippen LogP contribution in [0.1, 0.15) is 41.6 Å². The minimum absolute atomic E-state index is 0.0193. The molecular formula is C20H23BrN2O3. The third kappa shape index (κ3) is 6.59. The number of nitrogens with one attached hydrogen (secondary N) is 1. The van der Waals surface area contributed by atoms with E-state index in [1.165, 1.54) is 6.07 Å². The number of hydrogen-bond donors (Lipinski definition) is 1. The van der Waals surface area contributed by atoms with Gasteiger partial charge in [-0.25, -0.2) is 0 Å². The first-order valence-electron chi connectivity index (χ1n) is 8.68. The van der Waals surface area contributed by atoms with Gasteiger partial charge in [-0.05, 0) is 41.8 Å². The van der Waals surface area contributed by atoms with Crippen LogP contribution in [0.3, 0.4) is 0 Å². The maximum absolute atomic E-state index is 12.0. The molecule has 2 aromatic rings. The van der Waals surface area contributed by atoms with Gasteiger partial charge in [-0.1, -0.05) is 29.8 Å². The number of Topliss-reactive ketones (excluding diaryl/α,β-unsaturated/α-hetero) is 1. The van der Waals surface area contributed by atoms with E-state index in [4.69, 9.17) is 0 Å². The van der Waals surface area contributed by atoms with Crippen molar-refractivity contribution in [2.24, 2.45) is 0 Å².